The maximum Gasteiger partial charge on any atom is 0.263 e. The molecule has 1 heterocycles. The van der Waals surface area contributed by atoms with E-state index in [1.165, 1.54) is 21.4 Å². The summed E-state index contributed by atoms with van der Waals surface area (Å²) in [6, 6.07) is 4.25. The van der Waals surface area contributed by atoms with Crippen LogP contribution in [0.4, 0.5) is 5.95 Å². The molecule has 0 unspecified atom stereocenters. The standard InChI is InChI=1S/C13H18N6/c1-8-5-10(3)12(6-9(8)2)7-15-17-13-18-16-11(4)19(13)14/h5-7H,14H2,1-4H3,(H,17,18)/b15-7-. The number of nitrogens with zero attached hydrogens (tertiary/aromatic N) is 4. The molecule has 0 spiro atoms. The normalized spacial score (nSPS) is 11.2. The van der Waals surface area contributed by atoms with E-state index in [-0.39, 0.29) is 0 Å². The van der Waals surface area contributed by atoms with Crippen molar-refractivity contribution in [2.75, 3.05) is 11.3 Å². The zero-order chi connectivity index (χ0) is 14.0. The second-order valence-electron chi connectivity index (χ2n) is 4.60. The lowest BCUT2D eigenvalue weighted by molar-refractivity contribution is 0.925. The summed E-state index contributed by atoms with van der Waals surface area (Å²) < 4.78 is 1.35. The zero-order valence-electron chi connectivity index (χ0n) is 11.6. The molecule has 2 rings (SSSR count). The molecule has 0 bridgehead atoms. The van der Waals surface area contributed by atoms with Gasteiger partial charge in [0.05, 0.1) is 6.21 Å². The van der Waals surface area contributed by atoms with Crippen LogP contribution in [0.5, 0.6) is 0 Å². The van der Waals surface area contributed by atoms with Gasteiger partial charge in [-0.25, -0.2) is 10.1 Å². The van der Waals surface area contributed by atoms with Gasteiger partial charge in [0, 0.05) is 0 Å². The second kappa shape index (κ2) is 5.09. The number of nitrogens with two attached hydrogens (primary N) is 1. The van der Waals surface area contributed by atoms with Crippen LogP contribution in [0.15, 0.2) is 17.2 Å². The van der Waals surface area contributed by atoms with Gasteiger partial charge in [-0.05, 0) is 56.0 Å². The lowest BCUT2D eigenvalue weighted by atomic mass is 10.0. The van der Waals surface area contributed by atoms with Gasteiger partial charge in [0.1, 0.15) is 0 Å². The quantitative estimate of drug-likeness (QED) is 0.498. The predicted octanol–water partition coefficient (Wildman–Crippen LogP) is 1.67. The predicted molar refractivity (Wildman–Crippen MR) is 76.8 cm³/mol. The van der Waals surface area contributed by atoms with Crippen LogP contribution in [0.3, 0.4) is 0 Å². The van der Waals surface area contributed by atoms with Gasteiger partial charge >= 0.3 is 0 Å². The number of hydrogen-bond acceptors (Lipinski definition) is 5. The highest BCUT2D eigenvalue weighted by Crippen LogP contribution is 2.13. The highest BCUT2D eigenvalue weighted by molar-refractivity contribution is 5.82. The Kier molecular flexibility index (Phi) is 3.50. The van der Waals surface area contributed by atoms with E-state index in [0.29, 0.717) is 11.8 Å². The highest BCUT2D eigenvalue weighted by Gasteiger charge is 2.03. The highest BCUT2D eigenvalue weighted by atomic mass is 15.5. The Hall–Kier alpha value is -2.37. The number of anilines is 1. The number of hydrazone groups is 1. The molecule has 1 aromatic heterocycles. The van der Waals surface area contributed by atoms with Crippen molar-refractivity contribution >= 4 is 12.2 Å². The van der Waals surface area contributed by atoms with E-state index >= 15 is 0 Å². The number of rotatable bonds is 3. The summed E-state index contributed by atoms with van der Waals surface area (Å²) in [4.78, 5) is 0. The number of aromatic nitrogens is 3. The first-order valence-electron chi connectivity index (χ1n) is 6.03. The molecule has 0 fully saturated rings. The average molecular weight is 258 g/mol. The van der Waals surface area contributed by atoms with Crippen LogP contribution in [0.25, 0.3) is 0 Å². The van der Waals surface area contributed by atoms with E-state index in [1.54, 1.807) is 13.1 Å². The van der Waals surface area contributed by atoms with Crippen LogP contribution in [0.2, 0.25) is 0 Å². The Morgan fingerprint density at radius 2 is 1.79 bits per heavy atom. The van der Waals surface area contributed by atoms with Crippen molar-refractivity contribution in [1.82, 2.24) is 14.9 Å². The Labute approximate surface area is 112 Å². The molecular weight excluding hydrogens is 240 g/mol. The lowest BCUT2D eigenvalue weighted by Gasteiger charge is -2.05. The number of nitrogens with one attached hydrogen (secondary N) is 1. The largest absolute Gasteiger partial charge is 0.335 e. The van der Waals surface area contributed by atoms with Gasteiger partial charge in [-0.2, -0.15) is 5.10 Å². The third-order valence-electron chi connectivity index (χ3n) is 3.12. The second-order valence-corrected chi connectivity index (χ2v) is 4.60. The van der Waals surface area contributed by atoms with E-state index in [4.69, 9.17) is 5.84 Å². The first-order valence-corrected chi connectivity index (χ1v) is 6.03. The van der Waals surface area contributed by atoms with Crippen molar-refractivity contribution < 1.29 is 0 Å². The van der Waals surface area contributed by atoms with E-state index in [0.717, 1.165) is 5.56 Å². The first-order chi connectivity index (χ1) is 8.99. The van der Waals surface area contributed by atoms with Crippen LogP contribution < -0.4 is 11.3 Å². The van der Waals surface area contributed by atoms with Crippen LogP contribution >= 0.6 is 0 Å². The molecule has 0 radical (unpaired) electrons. The summed E-state index contributed by atoms with van der Waals surface area (Å²) in [5.74, 6) is 6.75. The van der Waals surface area contributed by atoms with Crippen LogP contribution in [-0.4, -0.2) is 21.1 Å². The summed E-state index contributed by atoms with van der Waals surface area (Å²) >= 11 is 0. The van der Waals surface area contributed by atoms with Crippen LogP contribution in [0, 0.1) is 27.7 Å². The topological polar surface area (TPSA) is 81.1 Å². The summed E-state index contributed by atoms with van der Waals surface area (Å²) in [5, 5.41) is 11.8. The van der Waals surface area contributed by atoms with Crippen LogP contribution in [0.1, 0.15) is 28.1 Å². The van der Waals surface area contributed by atoms with Crippen molar-refractivity contribution in [3.05, 3.63) is 40.2 Å². The molecule has 1 aromatic carbocycles. The van der Waals surface area contributed by atoms with Crippen molar-refractivity contribution in [1.29, 1.82) is 0 Å². The van der Waals surface area contributed by atoms with E-state index in [9.17, 15) is 0 Å². The molecule has 0 amide bonds. The molecule has 100 valence electrons. The summed E-state index contributed by atoms with van der Waals surface area (Å²) in [5.41, 5.74) is 7.54. The molecule has 3 N–H and O–H groups in total. The summed E-state index contributed by atoms with van der Waals surface area (Å²) in [7, 11) is 0. The Bertz CT molecular complexity index is 626. The maximum absolute atomic E-state index is 5.71. The first kappa shape index (κ1) is 13.1. The third kappa shape index (κ3) is 2.73. The van der Waals surface area contributed by atoms with Gasteiger partial charge < -0.3 is 5.84 Å². The summed E-state index contributed by atoms with van der Waals surface area (Å²) in [6.07, 6.45) is 1.76. The van der Waals surface area contributed by atoms with Gasteiger partial charge in [0.15, 0.2) is 5.82 Å². The SMILES string of the molecule is Cc1cc(C)c(/C=N\Nc2nnc(C)n2N)cc1C. The molecule has 2 aromatic rings. The number of nitrogen functional groups attached to an aromatic ring is 1. The molecule has 6 nitrogen and oxygen atoms in total. The smallest absolute Gasteiger partial charge is 0.263 e. The van der Waals surface area contributed by atoms with Crippen molar-refractivity contribution in [3.63, 3.8) is 0 Å². The summed E-state index contributed by atoms with van der Waals surface area (Å²) in [6.45, 7) is 8.01. The Morgan fingerprint density at radius 1 is 1.11 bits per heavy atom. The van der Waals surface area contributed by atoms with Crippen LogP contribution in [-0.2, 0) is 0 Å². The fraction of sp³-hybridized carbons (Fsp3) is 0.308. The van der Waals surface area contributed by atoms with Gasteiger partial charge in [0.25, 0.3) is 5.95 Å². The van der Waals surface area contributed by atoms with Gasteiger partial charge in [-0.15, -0.1) is 10.2 Å². The van der Waals surface area contributed by atoms with Gasteiger partial charge in [0.2, 0.25) is 0 Å². The lowest BCUT2D eigenvalue weighted by Crippen LogP contribution is -2.13. The zero-order valence-corrected chi connectivity index (χ0v) is 11.6. The minimum atomic E-state index is 0.412. The number of benzene rings is 1. The molecule has 0 aliphatic carbocycles. The van der Waals surface area contributed by atoms with Crippen molar-refractivity contribution in [2.45, 2.75) is 27.7 Å². The molecule has 0 saturated heterocycles. The maximum atomic E-state index is 5.71. The van der Waals surface area contributed by atoms with Crippen molar-refractivity contribution in [3.8, 4) is 0 Å². The van der Waals surface area contributed by atoms with E-state index < -0.39 is 0 Å². The molecule has 0 saturated carbocycles. The Balaban J connectivity index is 2.15. The fourth-order valence-electron chi connectivity index (χ4n) is 1.73. The molecule has 0 aliphatic rings. The minimum absolute atomic E-state index is 0.412. The molecular formula is C13H18N6. The number of hydrogen-bond donors (Lipinski definition) is 2. The molecule has 0 aliphatic heterocycles. The molecule has 19 heavy (non-hydrogen) atoms. The average Bonchev–Trinajstić information content (AvgIpc) is 2.67. The molecule has 0 atom stereocenters. The minimum Gasteiger partial charge on any atom is -0.335 e. The van der Waals surface area contributed by atoms with E-state index in [2.05, 4.69) is 53.6 Å². The number of aryl methyl sites for hydroxylation is 4. The Morgan fingerprint density at radius 3 is 2.42 bits per heavy atom. The monoisotopic (exact) mass is 258 g/mol. The fourth-order valence-corrected chi connectivity index (χ4v) is 1.73. The van der Waals surface area contributed by atoms with Gasteiger partial charge in [-0.1, -0.05) is 6.07 Å². The molecule has 6 heteroatoms. The van der Waals surface area contributed by atoms with E-state index in [1.807, 2.05) is 0 Å². The van der Waals surface area contributed by atoms with Gasteiger partial charge in [-0.3, -0.25) is 0 Å². The van der Waals surface area contributed by atoms with Crippen molar-refractivity contribution in [2.24, 2.45) is 5.10 Å². The third-order valence-corrected chi connectivity index (χ3v) is 3.12.